The fourth-order valence-electron chi connectivity index (χ4n) is 4.25. The van der Waals surface area contributed by atoms with Crippen LogP contribution in [0.2, 0.25) is 0 Å². The molecule has 186 valence electrons. The van der Waals surface area contributed by atoms with Crippen LogP contribution in [-0.4, -0.2) is 45.1 Å². The highest BCUT2D eigenvalue weighted by molar-refractivity contribution is 5.79. The lowest BCUT2D eigenvalue weighted by atomic mass is 9.97. The molecule has 0 amide bonds. The number of phenolic OH excluding ortho intramolecular Hbond substituents is 3. The van der Waals surface area contributed by atoms with Crippen molar-refractivity contribution in [2.24, 2.45) is 5.73 Å². The van der Waals surface area contributed by atoms with Crippen LogP contribution in [0.25, 0.3) is 0 Å². The zero-order valence-electron chi connectivity index (χ0n) is 19.4. The molecule has 1 saturated carbocycles. The molecule has 0 unspecified atom stereocenters. The van der Waals surface area contributed by atoms with Gasteiger partial charge in [0.2, 0.25) is 5.75 Å². The van der Waals surface area contributed by atoms with E-state index >= 15 is 0 Å². The number of benzene rings is 2. The number of nitrogens with two attached hydrogens (primary N) is 1. The number of phenols is 3. The van der Waals surface area contributed by atoms with E-state index in [4.69, 9.17) is 15.2 Å². The number of ketones is 1. The third-order valence-corrected chi connectivity index (χ3v) is 6.15. The molecule has 2 aromatic rings. The average molecular weight is 474 g/mol. The van der Waals surface area contributed by atoms with Crippen molar-refractivity contribution >= 4 is 5.78 Å². The maximum absolute atomic E-state index is 12.3. The Labute approximate surface area is 199 Å². The van der Waals surface area contributed by atoms with E-state index in [0.29, 0.717) is 19.3 Å². The van der Waals surface area contributed by atoms with Crippen LogP contribution in [0.4, 0.5) is 0 Å². The Kier molecular flexibility index (Phi) is 9.42. The summed E-state index contributed by atoms with van der Waals surface area (Å²) in [5.74, 6) is -0.0591. The first-order valence-corrected chi connectivity index (χ1v) is 11.9. The molecule has 8 heteroatoms. The predicted molar refractivity (Wildman–Crippen MR) is 127 cm³/mol. The number of Topliss-reactive ketones (excluding diaryl/α,β-unsaturated/α-hetero) is 1. The van der Waals surface area contributed by atoms with Gasteiger partial charge in [0, 0.05) is 12.8 Å². The number of aromatic hydroxyl groups is 3. The van der Waals surface area contributed by atoms with Gasteiger partial charge in [-0.25, -0.2) is 0 Å². The summed E-state index contributed by atoms with van der Waals surface area (Å²) in [7, 11) is 0. The molecule has 6 N–H and O–H groups in total. The van der Waals surface area contributed by atoms with Gasteiger partial charge in [0.1, 0.15) is 12.5 Å². The highest BCUT2D eigenvalue weighted by atomic mass is 16.5. The van der Waals surface area contributed by atoms with Gasteiger partial charge in [0.25, 0.3) is 0 Å². The summed E-state index contributed by atoms with van der Waals surface area (Å²) in [5, 5.41) is 40.3. The number of hydrogen-bond acceptors (Lipinski definition) is 8. The topological polar surface area (TPSA) is 142 Å². The van der Waals surface area contributed by atoms with Crippen molar-refractivity contribution in [2.75, 3.05) is 6.73 Å². The molecule has 1 fully saturated rings. The largest absolute Gasteiger partial charge is 0.504 e. The zero-order valence-corrected chi connectivity index (χ0v) is 19.4. The fourth-order valence-corrected chi connectivity index (χ4v) is 4.25. The minimum atomic E-state index is -0.817. The maximum atomic E-state index is 12.3. The van der Waals surface area contributed by atoms with Gasteiger partial charge in [-0.1, -0.05) is 12.5 Å². The Bertz CT molecular complexity index is 956. The zero-order chi connectivity index (χ0) is 24.5. The maximum Gasteiger partial charge on any atom is 0.200 e. The van der Waals surface area contributed by atoms with Crippen molar-refractivity contribution in [2.45, 2.75) is 76.4 Å². The monoisotopic (exact) mass is 473 g/mol. The first-order chi connectivity index (χ1) is 16.4. The number of aliphatic hydroxyl groups excluding tert-OH is 1. The van der Waals surface area contributed by atoms with Gasteiger partial charge >= 0.3 is 0 Å². The van der Waals surface area contributed by atoms with Crippen LogP contribution in [0.1, 0.15) is 62.5 Å². The smallest absolute Gasteiger partial charge is 0.200 e. The Morgan fingerprint density at radius 2 is 1.71 bits per heavy atom. The van der Waals surface area contributed by atoms with Gasteiger partial charge in [0.15, 0.2) is 23.0 Å². The SMILES string of the molecule is NCOc1cc(CCC(=O)C[C@H](O)CCc2cc(O)c(O)c(OC3CCCCC3)c2)ccc1O. The minimum Gasteiger partial charge on any atom is -0.504 e. The van der Waals surface area contributed by atoms with Gasteiger partial charge in [-0.2, -0.15) is 0 Å². The summed E-state index contributed by atoms with van der Waals surface area (Å²) in [4.78, 5) is 12.3. The molecule has 1 aliphatic carbocycles. The Hall–Kier alpha value is -2.97. The molecule has 0 saturated heterocycles. The molecule has 2 aromatic carbocycles. The van der Waals surface area contributed by atoms with Crippen molar-refractivity contribution in [1.29, 1.82) is 0 Å². The van der Waals surface area contributed by atoms with Crippen LogP contribution in [0.5, 0.6) is 28.7 Å². The second kappa shape index (κ2) is 12.5. The fraction of sp³-hybridized carbons (Fsp3) is 0.500. The highest BCUT2D eigenvalue weighted by Gasteiger charge is 2.19. The Morgan fingerprint density at radius 3 is 2.44 bits per heavy atom. The van der Waals surface area contributed by atoms with Gasteiger partial charge in [-0.15, -0.1) is 0 Å². The quantitative estimate of drug-likeness (QED) is 0.232. The van der Waals surface area contributed by atoms with Crippen LogP contribution >= 0.6 is 0 Å². The van der Waals surface area contributed by atoms with E-state index in [0.717, 1.165) is 36.8 Å². The van der Waals surface area contributed by atoms with Crippen LogP contribution in [0.3, 0.4) is 0 Å². The molecule has 1 aliphatic rings. The molecule has 0 aromatic heterocycles. The lowest BCUT2D eigenvalue weighted by Gasteiger charge is -2.24. The standard InChI is InChI=1S/C26H35NO7/c27-16-33-24-13-17(8-11-22(24)30)6-9-19(28)15-20(29)10-7-18-12-23(31)26(32)25(14-18)34-21-4-2-1-3-5-21/h8,11-14,20-21,29-32H,1-7,9-10,15-16,27H2/t20-/m1/s1. The van der Waals surface area contributed by atoms with Gasteiger partial charge in [0.05, 0.1) is 12.2 Å². The number of aliphatic hydroxyl groups is 1. The van der Waals surface area contributed by atoms with Crippen molar-refractivity contribution in [1.82, 2.24) is 0 Å². The molecule has 0 heterocycles. The van der Waals surface area contributed by atoms with Crippen molar-refractivity contribution in [3.8, 4) is 28.7 Å². The molecule has 0 bridgehead atoms. The third-order valence-electron chi connectivity index (χ3n) is 6.15. The van der Waals surface area contributed by atoms with E-state index in [1.54, 1.807) is 18.2 Å². The number of carbonyl (C=O) groups is 1. The predicted octanol–water partition coefficient (Wildman–Crippen LogP) is 3.70. The summed E-state index contributed by atoms with van der Waals surface area (Å²) < 4.78 is 11.1. The molecule has 3 rings (SSSR count). The van der Waals surface area contributed by atoms with Crippen molar-refractivity contribution in [3.63, 3.8) is 0 Å². The molecule has 0 radical (unpaired) electrons. The molecule has 1 atom stereocenters. The van der Waals surface area contributed by atoms with E-state index in [1.165, 1.54) is 18.6 Å². The van der Waals surface area contributed by atoms with Crippen LogP contribution < -0.4 is 15.2 Å². The lowest BCUT2D eigenvalue weighted by molar-refractivity contribution is -0.121. The van der Waals surface area contributed by atoms with Gasteiger partial charge < -0.3 is 29.9 Å². The second-order valence-electron chi connectivity index (χ2n) is 8.89. The van der Waals surface area contributed by atoms with Crippen LogP contribution in [-0.2, 0) is 17.6 Å². The summed E-state index contributed by atoms with van der Waals surface area (Å²) in [6.07, 6.45) is 5.95. The Balaban J connectivity index is 1.48. The summed E-state index contributed by atoms with van der Waals surface area (Å²) in [6.45, 7) is -0.0604. The summed E-state index contributed by atoms with van der Waals surface area (Å²) in [5.41, 5.74) is 6.90. The average Bonchev–Trinajstić information content (AvgIpc) is 2.82. The minimum absolute atomic E-state index is 0.0106. The van der Waals surface area contributed by atoms with Gasteiger partial charge in [-0.3, -0.25) is 10.5 Å². The normalized spacial score (nSPS) is 15.1. The van der Waals surface area contributed by atoms with Crippen molar-refractivity contribution in [3.05, 3.63) is 41.5 Å². The van der Waals surface area contributed by atoms with Crippen LogP contribution in [0, 0.1) is 0 Å². The Morgan fingerprint density at radius 1 is 0.971 bits per heavy atom. The number of aryl methyl sites for hydroxylation is 2. The first kappa shape index (κ1) is 25.6. The number of ether oxygens (including phenoxy) is 2. The number of hydrogen-bond donors (Lipinski definition) is 5. The molecule has 0 aliphatic heterocycles. The summed E-state index contributed by atoms with van der Waals surface area (Å²) in [6, 6.07) is 8.02. The van der Waals surface area contributed by atoms with E-state index in [9.17, 15) is 25.2 Å². The first-order valence-electron chi connectivity index (χ1n) is 11.9. The van der Waals surface area contributed by atoms with Crippen LogP contribution in [0.15, 0.2) is 30.3 Å². The van der Waals surface area contributed by atoms with E-state index in [2.05, 4.69) is 0 Å². The number of carbonyl (C=O) groups excluding carboxylic acids is 1. The van der Waals surface area contributed by atoms with E-state index in [1.807, 2.05) is 0 Å². The summed E-state index contributed by atoms with van der Waals surface area (Å²) >= 11 is 0. The lowest BCUT2D eigenvalue weighted by Crippen LogP contribution is -2.19. The number of rotatable bonds is 12. The van der Waals surface area contributed by atoms with Crippen molar-refractivity contribution < 1.29 is 34.7 Å². The van der Waals surface area contributed by atoms with Gasteiger partial charge in [-0.05, 0) is 80.3 Å². The molecular formula is C26H35NO7. The highest BCUT2D eigenvalue weighted by Crippen LogP contribution is 2.39. The second-order valence-corrected chi connectivity index (χ2v) is 8.89. The molecule has 8 nitrogen and oxygen atoms in total. The van der Waals surface area contributed by atoms with E-state index in [-0.39, 0.29) is 60.2 Å². The molecule has 34 heavy (non-hydrogen) atoms. The third kappa shape index (κ3) is 7.53. The molecular weight excluding hydrogens is 438 g/mol. The molecule has 0 spiro atoms. The van der Waals surface area contributed by atoms with E-state index < -0.39 is 6.10 Å².